The fraction of sp³-hybridized carbons (Fsp3) is 0.364. The summed E-state index contributed by atoms with van der Waals surface area (Å²) in [5, 5.41) is 6.45. The van der Waals surface area contributed by atoms with Gasteiger partial charge >= 0.3 is 0 Å². The highest BCUT2D eigenvalue weighted by molar-refractivity contribution is 6.30. The van der Waals surface area contributed by atoms with Crippen LogP contribution in [0.3, 0.4) is 0 Å². The Balaban J connectivity index is 0.00000144. The Labute approximate surface area is 111 Å². The largest absolute Gasteiger partial charge is 0.366 e. The van der Waals surface area contributed by atoms with Crippen molar-refractivity contribution in [1.82, 2.24) is 5.32 Å². The van der Waals surface area contributed by atoms with Crippen molar-refractivity contribution in [3.05, 3.63) is 29.3 Å². The predicted octanol–water partition coefficient (Wildman–Crippen LogP) is 1.69. The number of amides is 1. The molecule has 0 aliphatic carbocycles. The number of halogens is 2. The third-order valence-electron chi connectivity index (χ3n) is 2.32. The van der Waals surface area contributed by atoms with Crippen molar-refractivity contribution in [2.24, 2.45) is 0 Å². The molecule has 0 bridgehead atoms. The summed E-state index contributed by atoms with van der Waals surface area (Å²) in [6.07, 6.45) is 0.177. The number of benzene rings is 1. The number of ether oxygens (including phenoxy) is 1. The lowest BCUT2D eigenvalue weighted by Crippen LogP contribution is -2.49. The van der Waals surface area contributed by atoms with E-state index in [0.717, 1.165) is 18.8 Å². The number of carbonyl (C=O) groups excluding carboxylic acids is 1. The zero-order valence-electron chi connectivity index (χ0n) is 9.11. The van der Waals surface area contributed by atoms with Gasteiger partial charge in [0, 0.05) is 23.8 Å². The molecule has 2 rings (SSSR count). The van der Waals surface area contributed by atoms with Crippen molar-refractivity contribution >= 4 is 35.6 Å². The van der Waals surface area contributed by atoms with E-state index in [1.807, 2.05) is 0 Å². The molecule has 1 amide bonds. The Morgan fingerprint density at radius 2 is 2.06 bits per heavy atom. The molecule has 0 unspecified atom stereocenters. The molecule has 1 heterocycles. The second-order valence-corrected chi connectivity index (χ2v) is 4.08. The minimum absolute atomic E-state index is 0. The summed E-state index contributed by atoms with van der Waals surface area (Å²) in [5.41, 5.74) is 0.727. The van der Waals surface area contributed by atoms with Gasteiger partial charge in [0.05, 0.1) is 6.10 Å². The number of anilines is 1. The first kappa shape index (κ1) is 14.3. The lowest BCUT2D eigenvalue weighted by molar-refractivity contribution is -0.123. The highest BCUT2D eigenvalue weighted by Crippen LogP contribution is 2.13. The van der Waals surface area contributed by atoms with E-state index in [2.05, 4.69) is 10.6 Å². The lowest BCUT2D eigenvalue weighted by atomic mass is 10.2. The Bertz CT molecular complexity index is 366. The molecule has 0 spiro atoms. The maximum absolute atomic E-state index is 11.5. The van der Waals surface area contributed by atoms with Crippen molar-refractivity contribution in [1.29, 1.82) is 0 Å². The lowest BCUT2D eigenvalue weighted by Gasteiger charge is -2.26. The zero-order chi connectivity index (χ0) is 11.4. The maximum Gasteiger partial charge on any atom is 0.250 e. The molecule has 1 aliphatic heterocycles. The Hall–Kier alpha value is -0.810. The normalized spacial score (nSPS) is 14.6. The average molecular weight is 277 g/mol. The van der Waals surface area contributed by atoms with Gasteiger partial charge in [0.25, 0.3) is 0 Å². The summed E-state index contributed by atoms with van der Waals surface area (Å²) in [4.78, 5) is 11.5. The molecule has 0 saturated carbocycles. The monoisotopic (exact) mass is 276 g/mol. The smallest absolute Gasteiger partial charge is 0.250 e. The van der Waals surface area contributed by atoms with E-state index in [9.17, 15) is 4.79 Å². The molecule has 2 N–H and O–H groups in total. The average Bonchev–Trinajstić information content (AvgIpc) is 2.19. The molecule has 1 saturated heterocycles. The molecule has 17 heavy (non-hydrogen) atoms. The van der Waals surface area contributed by atoms with Crippen LogP contribution in [-0.4, -0.2) is 31.7 Å². The van der Waals surface area contributed by atoms with E-state index in [4.69, 9.17) is 16.3 Å². The van der Waals surface area contributed by atoms with Crippen LogP contribution in [0.25, 0.3) is 0 Å². The van der Waals surface area contributed by atoms with Crippen LogP contribution < -0.4 is 10.6 Å². The molecule has 0 aromatic heterocycles. The van der Waals surface area contributed by atoms with Gasteiger partial charge in [-0.2, -0.15) is 0 Å². The van der Waals surface area contributed by atoms with Crippen molar-refractivity contribution < 1.29 is 9.53 Å². The topological polar surface area (TPSA) is 50.4 Å². The van der Waals surface area contributed by atoms with E-state index >= 15 is 0 Å². The first-order valence-electron chi connectivity index (χ1n) is 5.12. The van der Waals surface area contributed by atoms with Gasteiger partial charge in [-0.3, -0.25) is 4.79 Å². The van der Waals surface area contributed by atoms with Crippen molar-refractivity contribution in [3.63, 3.8) is 0 Å². The van der Waals surface area contributed by atoms with E-state index in [1.165, 1.54) is 0 Å². The molecule has 1 aliphatic rings. The molecule has 0 radical (unpaired) electrons. The highest BCUT2D eigenvalue weighted by Gasteiger charge is 2.18. The van der Waals surface area contributed by atoms with Crippen LogP contribution in [0.5, 0.6) is 0 Å². The standard InChI is InChI=1S/C11H13ClN2O2.ClH/c12-8-1-3-9(4-2-8)14-11(15)7-16-10-5-13-6-10;/h1-4,10,13H,5-7H2,(H,14,15);1H. The molecule has 94 valence electrons. The SMILES string of the molecule is Cl.O=C(COC1CNC1)Nc1ccc(Cl)cc1. The van der Waals surface area contributed by atoms with E-state index in [1.54, 1.807) is 24.3 Å². The summed E-state index contributed by atoms with van der Waals surface area (Å²) in [5.74, 6) is -0.144. The maximum atomic E-state index is 11.5. The number of nitrogens with one attached hydrogen (secondary N) is 2. The van der Waals surface area contributed by atoms with Crippen molar-refractivity contribution in [2.45, 2.75) is 6.10 Å². The quantitative estimate of drug-likeness (QED) is 0.880. The molecule has 0 atom stereocenters. The van der Waals surface area contributed by atoms with Crippen LogP contribution in [0, 0.1) is 0 Å². The molecular formula is C11H14Cl2N2O2. The van der Waals surface area contributed by atoms with Crippen LogP contribution >= 0.6 is 24.0 Å². The number of hydrogen-bond acceptors (Lipinski definition) is 3. The van der Waals surface area contributed by atoms with Crippen LogP contribution in [0.2, 0.25) is 5.02 Å². The van der Waals surface area contributed by atoms with Crippen molar-refractivity contribution in [2.75, 3.05) is 25.0 Å². The third kappa shape index (κ3) is 4.52. The molecular weight excluding hydrogens is 263 g/mol. The highest BCUT2D eigenvalue weighted by atomic mass is 35.5. The summed E-state index contributed by atoms with van der Waals surface area (Å²) in [6.45, 7) is 1.75. The van der Waals surface area contributed by atoms with Crippen LogP contribution in [0.1, 0.15) is 0 Å². The minimum Gasteiger partial charge on any atom is -0.366 e. The molecule has 1 aromatic rings. The van der Waals surface area contributed by atoms with E-state index in [0.29, 0.717) is 5.02 Å². The molecule has 1 fully saturated rings. The van der Waals surface area contributed by atoms with E-state index < -0.39 is 0 Å². The summed E-state index contributed by atoms with van der Waals surface area (Å²) in [6, 6.07) is 6.97. The summed E-state index contributed by atoms with van der Waals surface area (Å²) in [7, 11) is 0. The number of hydrogen-bond donors (Lipinski definition) is 2. The van der Waals surface area contributed by atoms with Crippen LogP contribution in [0.15, 0.2) is 24.3 Å². The Morgan fingerprint density at radius 1 is 1.41 bits per heavy atom. The van der Waals surface area contributed by atoms with Gasteiger partial charge in [-0.15, -0.1) is 12.4 Å². The predicted molar refractivity (Wildman–Crippen MR) is 69.9 cm³/mol. The number of rotatable bonds is 4. The minimum atomic E-state index is -0.144. The van der Waals surface area contributed by atoms with Crippen LogP contribution in [-0.2, 0) is 9.53 Å². The van der Waals surface area contributed by atoms with Gasteiger partial charge in [0.1, 0.15) is 6.61 Å². The van der Waals surface area contributed by atoms with Gasteiger partial charge in [-0.25, -0.2) is 0 Å². The molecule has 4 nitrogen and oxygen atoms in total. The van der Waals surface area contributed by atoms with Gasteiger partial charge in [-0.05, 0) is 24.3 Å². The fourth-order valence-corrected chi connectivity index (χ4v) is 1.43. The molecule has 6 heteroatoms. The first-order chi connectivity index (χ1) is 7.74. The fourth-order valence-electron chi connectivity index (χ4n) is 1.30. The Kier molecular flexibility index (Phi) is 5.71. The summed E-state index contributed by atoms with van der Waals surface area (Å²) < 4.78 is 5.34. The van der Waals surface area contributed by atoms with Gasteiger partial charge < -0.3 is 15.4 Å². The first-order valence-corrected chi connectivity index (χ1v) is 5.49. The van der Waals surface area contributed by atoms with Gasteiger partial charge in [-0.1, -0.05) is 11.6 Å². The third-order valence-corrected chi connectivity index (χ3v) is 2.57. The van der Waals surface area contributed by atoms with Crippen LogP contribution in [0.4, 0.5) is 5.69 Å². The van der Waals surface area contributed by atoms with Crippen molar-refractivity contribution in [3.8, 4) is 0 Å². The van der Waals surface area contributed by atoms with E-state index in [-0.39, 0.29) is 31.0 Å². The second kappa shape index (κ2) is 6.81. The van der Waals surface area contributed by atoms with Gasteiger partial charge in [0.2, 0.25) is 5.91 Å². The number of carbonyl (C=O) groups is 1. The molecule has 1 aromatic carbocycles. The summed E-state index contributed by atoms with van der Waals surface area (Å²) >= 11 is 5.73. The zero-order valence-corrected chi connectivity index (χ0v) is 10.7. The Morgan fingerprint density at radius 3 is 2.59 bits per heavy atom. The van der Waals surface area contributed by atoms with Gasteiger partial charge in [0.15, 0.2) is 0 Å². The second-order valence-electron chi connectivity index (χ2n) is 3.65.